The van der Waals surface area contributed by atoms with Crippen LogP contribution in [-0.2, 0) is 24.4 Å². The van der Waals surface area contributed by atoms with E-state index in [0.717, 1.165) is 12.5 Å². The highest BCUT2D eigenvalue weighted by molar-refractivity contribution is 7.89. The molecule has 4 aliphatic heterocycles. The van der Waals surface area contributed by atoms with Gasteiger partial charge in [-0.2, -0.15) is 4.31 Å². The highest BCUT2D eigenvalue weighted by atomic mass is 32.2. The lowest BCUT2D eigenvalue weighted by molar-refractivity contribution is -0.143. The van der Waals surface area contributed by atoms with E-state index in [1.807, 2.05) is 4.90 Å². The normalized spacial score (nSPS) is 22.4. The van der Waals surface area contributed by atoms with E-state index in [1.54, 1.807) is 42.5 Å². The number of aliphatic imine (C=N–C) groups is 2. The quantitative estimate of drug-likeness (QED) is 0.182. The van der Waals surface area contributed by atoms with Gasteiger partial charge in [0, 0.05) is 36.9 Å². The molecule has 0 radical (unpaired) electrons. The van der Waals surface area contributed by atoms with Crippen molar-refractivity contribution in [2.45, 2.75) is 48.7 Å². The van der Waals surface area contributed by atoms with E-state index in [9.17, 15) is 32.7 Å². The average molecular weight is 694 g/mol. The molecule has 3 amide bonds. The standard InChI is InChI=1S/C32H39N9O7S/c42-26(19-37-28(43)21-5-4-6-22(17-21)38-32-35-15-16-40(32)31-33-13-14-34-31)36-18-25(30(45)46)39-29(44)27-20-9-11-23(12-10-20)41(27)49(47,48)24-7-2-1-3-8-24/h1-8,17,20,23,25,27H,9-16,18-19H2,(H,33,34)(H,35,38)(H,36,42)(H,37,43)(H,39,44)(H,45,46). The van der Waals surface area contributed by atoms with Crippen LogP contribution >= 0.6 is 0 Å². The van der Waals surface area contributed by atoms with Crippen LogP contribution in [0.4, 0.5) is 5.69 Å². The van der Waals surface area contributed by atoms with Gasteiger partial charge in [0.1, 0.15) is 12.1 Å². The van der Waals surface area contributed by atoms with Crippen LogP contribution in [0.1, 0.15) is 36.0 Å². The van der Waals surface area contributed by atoms with E-state index in [2.05, 4.69) is 36.6 Å². The van der Waals surface area contributed by atoms with E-state index in [4.69, 9.17) is 0 Å². The lowest BCUT2D eigenvalue weighted by Crippen LogP contribution is -2.64. The summed E-state index contributed by atoms with van der Waals surface area (Å²) in [7, 11) is -4.03. The monoisotopic (exact) mass is 693 g/mol. The van der Waals surface area contributed by atoms with Crippen molar-refractivity contribution < 1.29 is 32.7 Å². The molecule has 2 aromatic rings. The molecule has 4 heterocycles. The smallest absolute Gasteiger partial charge is 0.328 e. The van der Waals surface area contributed by atoms with Gasteiger partial charge in [0.2, 0.25) is 33.8 Å². The van der Waals surface area contributed by atoms with Crippen molar-refractivity contribution in [3.8, 4) is 0 Å². The van der Waals surface area contributed by atoms with Gasteiger partial charge >= 0.3 is 5.97 Å². The van der Waals surface area contributed by atoms with Gasteiger partial charge in [0.25, 0.3) is 5.91 Å². The van der Waals surface area contributed by atoms with E-state index in [0.29, 0.717) is 57.0 Å². The molecule has 5 aliphatic rings. The number of anilines is 1. The van der Waals surface area contributed by atoms with Crippen molar-refractivity contribution in [1.29, 1.82) is 0 Å². The van der Waals surface area contributed by atoms with Gasteiger partial charge in [0.15, 0.2) is 0 Å². The molecule has 3 fully saturated rings. The first-order valence-corrected chi connectivity index (χ1v) is 17.7. The summed E-state index contributed by atoms with van der Waals surface area (Å²) in [6.07, 6.45) is 2.54. The van der Waals surface area contributed by atoms with E-state index in [1.165, 1.54) is 16.4 Å². The van der Waals surface area contributed by atoms with Crippen molar-refractivity contribution in [3.63, 3.8) is 0 Å². The molecule has 260 valence electrons. The molecule has 1 saturated carbocycles. The van der Waals surface area contributed by atoms with Gasteiger partial charge in [-0.25, -0.2) is 13.2 Å². The maximum atomic E-state index is 13.6. The number of guanidine groups is 2. The maximum Gasteiger partial charge on any atom is 0.328 e. The number of piperidine rings is 2. The van der Waals surface area contributed by atoms with Crippen molar-refractivity contribution >= 4 is 51.3 Å². The maximum absolute atomic E-state index is 13.6. The Labute approximate surface area is 283 Å². The van der Waals surface area contributed by atoms with Crippen molar-refractivity contribution in [2.75, 3.05) is 44.6 Å². The van der Waals surface area contributed by atoms with Crippen molar-refractivity contribution in [3.05, 3.63) is 60.2 Å². The molecule has 1 aliphatic carbocycles. The van der Waals surface area contributed by atoms with Crippen LogP contribution in [0.2, 0.25) is 0 Å². The molecule has 2 unspecified atom stereocenters. The molecule has 2 aromatic carbocycles. The van der Waals surface area contributed by atoms with Crippen molar-refractivity contribution in [2.24, 2.45) is 15.9 Å². The molecule has 16 nitrogen and oxygen atoms in total. The number of sulfonamides is 1. The number of carbonyl (C=O) groups is 4. The number of fused-ring (bicyclic) bond motifs is 3. The number of hydrogen-bond acceptors (Lipinski definition) is 11. The van der Waals surface area contributed by atoms with Crippen LogP contribution in [0, 0.1) is 5.92 Å². The topological polar surface area (TPSA) is 214 Å². The fraction of sp³-hybridized carbons (Fsp3) is 0.438. The predicted octanol–water partition coefficient (Wildman–Crippen LogP) is -0.223. The summed E-state index contributed by atoms with van der Waals surface area (Å²) in [5, 5.41) is 23.7. The highest BCUT2D eigenvalue weighted by Gasteiger charge is 2.51. The third-order valence-corrected chi connectivity index (χ3v) is 11.0. The molecule has 49 heavy (non-hydrogen) atoms. The Morgan fingerprint density at radius 3 is 2.45 bits per heavy atom. The Balaban J connectivity index is 1.02. The second-order valence-corrected chi connectivity index (χ2v) is 14.1. The summed E-state index contributed by atoms with van der Waals surface area (Å²) in [4.78, 5) is 62.0. The number of carboxylic acids is 1. The fourth-order valence-electron chi connectivity index (χ4n) is 6.69. The van der Waals surface area contributed by atoms with Crippen LogP contribution < -0.4 is 26.6 Å². The summed E-state index contributed by atoms with van der Waals surface area (Å²) in [6.45, 7) is 1.80. The Morgan fingerprint density at radius 2 is 1.73 bits per heavy atom. The first-order valence-electron chi connectivity index (χ1n) is 16.3. The van der Waals surface area contributed by atoms with Gasteiger partial charge in [-0.1, -0.05) is 24.3 Å². The fourth-order valence-corrected chi connectivity index (χ4v) is 8.60. The number of amides is 3. The lowest BCUT2D eigenvalue weighted by atomic mass is 9.76. The molecule has 2 saturated heterocycles. The molecule has 0 spiro atoms. The first kappa shape index (κ1) is 33.9. The van der Waals surface area contributed by atoms with Gasteiger partial charge in [-0.05, 0) is 61.9 Å². The number of carboxylic acid groups (broad SMARTS) is 1. The number of nitrogens with zero attached hydrogens (tertiary/aromatic N) is 4. The summed E-state index contributed by atoms with van der Waals surface area (Å²) in [5.74, 6) is -2.24. The molecule has 6 N–H and O–H groups in total. The zero-order valence-corrected chi connectivity index (χ0v) is 27.5. The largest absolute Gasteiger partial charge is 0.480 e. The number of benzene rings is 2. The van der Waals surface area contributed by atoms with Crippen LogP contribution in [0.15, 0.2) is 69.5 Å². The van der Waals surface area contributed by atoms with Gasteiger partial charge in [0.05, 0.1) is 24.5 Å². The minimum atomic E-state index is -4.03. The van der Waals surface area contributed by atoms with E-state index in [-0.39, 0.29) is 22.4 Å². The van der Waals surface area contributed by atoms with Crippen molar-refractivity contribution in [1.82, 2.24) is 30.5 Å². The molecule has 0 aromatic heterocycles. The molecule has 17 heteroatoms. The Bertz CT molecular complexity index is 1760. The minimum Gasteiger partial charge on any atom is -0.480 e. The number of aliphatic carboxylic acids is 1. The zero-order chi connectivity index (χ0) is 34.5. The third-order valence-electron chi connectivity index (χ3n) is 9.07. The molecule has 2 bridgehead atoms. The van der Waals surface area contributed by atoms with Crippen LogP contribution in [-0.4, -0.2) is 116 Å². The Morgan fingerprint density at radius 1 is 0.959 bits per heavy atom. The van der Waals surface area contributed by atoms with Crippen LogP contribution in [0.3, 0.4) is 0 Å². The Hall–Kier alpha value is -5.03. The SMILES string of the molecule is O=C(CNC(=O)c1cccc(NC2=NCCN2C2=NCCN2)c1)NCC(NC(=O)C1C2CCC(CC2)N1S(=O)(=O)c1ccccc1)C(=O)O. The average Bonchev–Trinajstić information content (AvgIpc) is 3.82. The molecular formula is C32H39N9O7S. The van der Waals surface area contributed by atoms with E-state index < -0.39 is 58.9 Å². The van der Waals surface area contributed by atoms with Crippen LogP contribution in [0.5, 0.6) is 0 Å². The first-order chi connectivity index (χ1) is 23.6. The third kappa shape index (κ3) is 7.51. The number of hydrogen-bond donors (Lipinski definition) is 6. The minimum absolute atomic E-state index is 0.0644. The number of rotatable bonds is 11. The predicted molar refractivity (Wildman–Crippen MR) is 179 cm³/mol. The summed E-state index contributed by atoms with van der Waals surface area (Å²) >= 11 is 0. The van der Waals surface area contributed by atoms with E-state index >= 15 is 0 Å². The Kier molecular flexibility index (Phi) is 10.1. The second kappa shape index (κ2) is 14.6. The summed E-state index contributed by atoms with van der Waals surface area (Å²) in [5.41, 5.74) is 0.898. The number of nitrogens with one attached hydrogen (secondary N) is 5. The van der Waals surface area contributed by atoms with Gasteiger partial charge in [-0.15, -0.1) is 0 Å². The summed E-state index contributed by atoms with van der Waals surface area (Å²) in [6, 6.07) is 11.6. The second-order valence-electron chi connectivity index (χ2n) is 12.2. The summed E-state index contributed by atoms with van der Waals surface area (Å²) < 4.78 is 28.5. The highest BCUT2D eigenvalue weighted by Crippen LogP contribution is 2.42. The zero-order valence-electron chi connectivity index (χ0n) is 26.7. The van der Waals surface area contributed by atoms with Gasteiger partial charge in [-0.3, -0.25) is 29.3 Å². The molecule has 2 atom stereocenters. The molecule has 7 rings (SSSR count). The number of carbonyl (C=O) groups excluding carboxylic acids is 3. The molecular weight excluding hydrogens is 654 g/mol. The van der Waals surface area contributed by atoms with Gasteiger partial charge < -0.3 is 31.7 Å². The van der Waals surface area contributed by atoms with Crippen LogP contribution in [0.25, 0.3) is 0 Å². The lowest BCUT2D eigenvalue weighted by Gasteiger charge is -2.49.